The van der Waals surface area contributed by atoms with Crippen molar-refractivity contribution in [3.63, 3.8) is 0 Å². The molecule has 0 radical (unpaired) electrons. The molecule has 0 unspecified atom stereocenters. The molecule has 8 heteroatoms. The smallest absolute Gasteiger partial charge is 0.242 e. The van der Waals surface area contributed by atoms with E-state index in [2.05, 4.69) is 15.6 Å². The van der Waals surface area contributed by atoms with Crippen molar-refractivity contribution >= 4 is 16.0 Å². The lowest BCUT2D eigenvalue weighted by molar-refractivity contribution is 0.203. The summed E-state index contributed by atoms with van der Waals surface area (Å²) in [6.07, 6.45) is 0. The van der Waals surface area contributed by atoms with E-state index in [1.54, 1.807) is 32.4 Å². The Morgan fingerprint density at radius 3 is 2.55 bits per heavy atom. The van der Waals surface area contributed by atoms with Crippen LogP contribution >= 0.6 is 0 Å². The molecule has 0 atom stereocenters. The van der Waals surface area contributed by atoms with Gasteiger partial charge in [0.15, 0.2) is 5.96 Å². The summed E-state index contributed by atoms with van der Waals surface area (Å²) in [5.74, 6) is 0.592. The second-order valence-electron chi connectivity index (χ2n) is 4.74. The molecular formula is C14H24N4O3S. The highest BCUT2D eigenvalue weighted by Crippen LogP contribution is 2.18. The van der Waals surface area contributed by atoms with Crippen LogP contribution in [0.5, 0.6) is 0 Å². The largest absolute Gasteiger partial charge is 0.383 e. The van der Waals surface area contributed by atoms with Gasteiger partial charge in [0.05, 0.1) is 11.5 Å². The van der Waals surface area contributed by atoms with E-state index in [9.17, 15) is 8.42 Å². The van der Waals surface area contributed by atoms with Crippen molar-refractivity contribution in [2.75, 3.05) is 41.4 Å². The summed E-state index contributed by atoms with van der Waals surface area (Å²) in [6, 6.07) is 6.91. The Morgan fingerprint density at radius 1 is 1.27 bits per heavy atom. The molecule has 0 saturated heterocycles. The zero-order chi connectivity index (χ0) is 16.6. The summed E-state index contributed by atoms with van der Waals surface area (Å²) in [7, 11) is 2.85. The second kappa shape index (κ2) is 8.72. The van der Waals surface area contributed by atoms with E-state index in [0.29, 0.717) is 36.1 Å². The van der Waals surface area contributed by atoms with Crippen LogP contribution < -0.4 is 10.6 Å². The average Bonchev–Trinajstić information content (AvgIpc) is 2.50. The Labute approximate surface area is 132 Å². The van der Waals surface area contributed by atoms with Crippen LogP contribution in [-0.2, 0) is 21.3 Å². The van der Waals surface area contributed by atoms with Gasteiger partial charge < -0.3 is 15.4 Å². The van der Waals surface area contributed by atoms with Crippen molar-refractivity contribution < 1.29 is 13.2 Å². The standard InChI is InChI=1S/C14H24N4O3S/c1-15-14(16-9-10-21-4)17-11-12-7-5-6-8-13(12)22(19,20)18(2)3/h5-8H,9-11H2,1-4H3,(H2,15,16,17). The predicted octanol–water partition coefficient (Wildman–Crippen LogP) is 0.248. The van der Waals surface area contributed by atoms with Gasteiger partial charge in [0, 0.05) is 41.3 Å². The fraction of sp³-hybridized carbons (Fsp3) is 0.500. The molecule has 0 aliphatic carbocycles. The van der Waals surface area contributed by atoms with Crippen molar-refractivity contribution in [1.82, 2.24) is 14.9 Å². The van der Waals surface area contributed by atoms with Crippen LogP contribution in [-0.4, -0.2) is 60.1 Å². The number of rotatable bonds is 7. The Kier molecular flexibility index (Phi) is 7.30. The minimum Gasteiger partial charge on any atom is -0.383 e. The molecule has 7 nitrogen and oxygen atoms in total. The van der Waals surface area contributed by atoms with Crippen LogP contribution in [0.1, 0.15) is 5.56 Å². The van der Waals surface area contributed by atoms with Crippen molar-refractivity contribution in [3.05, 3.63) is 29.8 Å². The summed E-state index contributed by atoms with van der Waals surface area (Å²) in [6.45, 7) is 1.54. The van der Waals surface area contributed by atoms with Crippen LogP contribution in [0.25, 0.3) is 0 Å². The Balaban J connectivity index is 2.83. The zero-order valence-electron chi connectivity index (χ0n) is 13.5. The third kappa shape index (κ3) is 4.97. The molecule has 1 rings (SSSR count). The van der Waals surface area contributed by atoms with Gasteiger partial charge in [0.25, 0.3) is 0 Å². The lowest BCUT2D eigenvalue weighted by Crippen LogP contribution is -2.38. The maximum Gasteiger partial charge on any atom is 0.242 e. The second-order valence-corrected chi connectivity index (χ2v) is 6.86. The quantitative estimate of drug-likeness (QED) is 0.426. The summed E-state index contributed by atoms with van der Waals surface area (Å²) in [5, 5.41) is 6.17. The van der Waals surface area contributed by atoms with E-state index in [-0.39, 0.29) is 0 Å². The van der Waals surface area contributed by atoms with Gasteiger partial charge in [-0.1, -0.05) is 18.2 Å². The molecule has 1 aromatic rings. The van der Waals surface area contributed by atoms with E-state index in [0.717, 1.165) is 0 Å². The summed E-state index contributed by atoms with van der Waals surface area (Å²) in [4.78, 5) is 4.37. The number of methoxy groups -OCH3 is 1. The zero-order valence-corrected chi connectivity index (χ0v) is 14.3. The van der Waals surface area contributed by atoms with Gasteiger partial charge >= 0.3 is 0 Å². The number of aliphatic imine (C=N–C) groups is 1. The fourth-order valence-corrected chi connectivity index (χ4v) is 2.88. The highest BCUT2D eigenvalue weighted by Gasteiger charge is 2.20. The van der Waals surface area contributed by atoms with E-state index < -0.39 is 10.0 Å². The molecular weight excluding hydrogens is 304 g/mol. The lowest BCUT2D eigenvalue weighted by atomic mass is 10.2. The van der Waals surface area contributed by atoms with E-state index in [4.69, 9.17) is 4.74 Å². The topological polar surface area (TPSA) is 83.0 Å². The normalized spacial score (nSPS) is 12.5. The molecule has 0 aliphatic heterocycles. The van der Waals surface area contributed by atoms with Gasteiger partial charge in [-0.3, -0.25) is 4.99 Å². The van der Waals surface area contributed by atoms with Crippen LogP contribution in [0.2, 0.25) is 0 Å². The summed E-state index contributed by atoms with van der Waals surface area (Å²) < 4.78 is 30.8. The number of benzene rings is 1. The van der Waals surface area contributed by atoms with Crippen LogP contribution in [0.3, 0.4) is 0 Å². The van der Waals surface area contributed by atoms with Crippen LogP contribution in [0, 0.1) is 0 Å². The highest BCUT2D eigenvalue weighted by atomic mass is 32.2. The van der Waals surface area contributed by atoms with Crippen molar-refractivity contribution in [3.8, 4) is 0 Å². The summed E-state index contributed by atoms with van der Waals surface area (Å²) >= 11 is 0. The van der Waals surface area contributed by atoms with Gasteiger partial charge in [-0.25, -0.2) is 12.7 Å². The third-order valence-electron chi connectivity index (χ3n) is 3.00. The van der Waals surface area contributed by atoms with Crippen LogP contribution in [0.4, 0.5) is 0 Å². The SMILES string of the molecule is CN=C(NCCOC)NCc1ccccc1S(=O)(=O)N(C)C. The molecule has 0 spiro atoms. The van der Waals surface area contributed by atoms with Crippen molar-refractivity contribution in [2.45, 2.75) is 11.4 Å². The molecule has 0 saturated carbocycles. The summed E-state index contributed by atoms with van der Waals surface area (Å²) in [5.41, 5.74) is 0.686. The molecule has 2 N–H and O–H groups in total. The Morgan fingerprint density at radius 2 is 1.95 bits per heavy atom. The van der Waals surface area contributed by atoms with E-state index >= 15 is 0 Å². The van der Waals surface area contributed by atoms with Gasteiger partial charge in [-0.05, 0) is 11.6 Å². The molecule has 124 valence electrons. The number of nitrogens with one attached hydrogen (secondary N) is 2. The maximum atomic E-state index is 12.3. The first kappa shape index (κ1) is 18.4. The monoisotopic (exact) mass is 328 g/mol. The number of sulfonamides is 1. The molecule has 0 amide bonds. The van der Waals surface area contributed by atoms with Gasteiger partial charge in [-0.2, -0.15) is 0 Å². The first-order chi connectivity index (χ1) is 10.4. The molecule has 0 fully saturated rings. The lowest BCUT2D eigenvalue weighted by Gasteiger charge is -2.16. The maximum absolute atomic E-state index is 12.3. The Hall–Kier alpha value is -1.64. The number of guanidine groups is 1. The number of hydrogen-bond acceptors (Lipinski definition) is 4. The Bertz CT molecular complexity index is 600. The van der Waals surface area contributed by atoms with Gasteiger partial charge in [0.2, 0.25) is 10.0 Å². The number of ether oxygens (including phenoxy) is 1. The van der Waals surface area contributed by atoms with Crippen LogP contribution in [0.15, 0.2) is 34.2 Å². The van der Waals surface area contributed by atoms with E-state index in [1.165, 1.54) is 18.4 Å². The highest BCUT2D eigenvalue weighted by molar-refractivity contribution is 7.89. The predicted molar refractivity (Wildman–Crippen MR) is 87.4 cm³/mol. The molecule has 0 heterocycles. The molecule has 1 aromatic carbocycles. The first-order valence-electron chi connectivity index (χ1n) is 6.87. The molecule has 0 bridgehead atoms. The minimum atomic E-state index is -3.47. The van der Waals surface area contributed by atoms with E-state index in [1.807, 2.05) is 6.07 Å². The van der Waals surface area contributed by atoms with Gasteiger partial charge in [0.1, 0.15) is 0 Å². The van der Waals surface area contributed by atoms with Gasteiger partial charge in [-0.15, -0.1) is 0 Å². The number of nitrogens with zero attached hydrogens (tertiary/aromatic N) is 2. The average molecular weight is 328 g/mol. The first-order valence-corrected chi connectivity index (χ1v) is 8.31. The minimum absolute atomic E-state index is 0.292. The number of hydrogen-bond donors (Lipinski definition) is 2. The molecule has 0 aliphatic rings. The molecule has 0 aromatic heterocycles. The fourth-order valence-electron chi connectivity index (χ4n) is 1.77. The van der Waals surface area contributed by atoms with Crippen molar-refractivity contribution in [2.24, 2.45) is 4.99 Å². The molecule has 22 heavy (non-hydrogen) atoms. The third-order valence-corrected chi connectivity index (χ3v) is 4.92. The van der Waals surface area contributed by atoms with Crippen molar-refractivity contribution in [1.29, 1.82) is 0 Å².